The Bertz CT molecular complexity index is 529. The van der Waals surface area contributed by atoms with Gasteiger partial charge in [-0.05, 0) is 18.2 Å². The van der Waals surface area contributed by atoms with E-state index in [1.165, 1.54) is 0 Å². The summed E-state index contributed by atoms with van der Waals surface area (Å²) in [4.78, 5) is 16.2. The van der Waals surface area contributed by atoms with Crippen molar-refractivity contribution in [1.29, 1.82) is 0 Å². The largest absolute Gasteiger partial charge is 0.378 e. The molecule has 22 heavy (non-hydrogen) atoms. The van der Waals surface area contributed by atoms with Gasteiger partial charge in [0.1, 0.15) is 0 Å². The van der Waals surface area contributed by atoms with Crippen LogP contribution in [0.4, 0.5) is 16.2 Å². The summed E-state index contributed by atoms with van der Waals surface area (Å²) in [7, 11) is 0. The fourth-order valence-corrected chi connectivity index (χ4v) is 2.75. The van der Waals surface area contributed by atoms with Crippen molar-refractivity contribution in [2.45, 2.75) is 0 Å². The summed E-state index contributed by atoms with van der Waals surface area (Å²) in [6.07, 6.45) is 0. The SMILES string of the molecule is O=C(Nc1cc(N2CCOCC2)ccc1Cl)N1CCOCC1. The fourth-order valence-electron chi connectivity index (χ4n) is 2.59. The molecule has 2 saturated heterocycles. The minimum absolute atomic E-state index is 0.135. The standard InChI is InChI=1S/C15H20ClN3O3/c16-13-2-1-12(18-3-7-21-8-4-18)11-14(13)17-15(20)19-5-9-22-10-6-19/h1-2,11H,3-10H2,(H,17,20). The maximum atomic E-state index is 12.3. The van der Waals surface area contributed by atoms with Crippen LogP contribution in [0.5, 0.6) is 0 Å². The van der Waals surface area contributed by atoms with Crippen LogP contribution in [0.1, 0.15) is 0 Å². The number of rotatable bonds is 2. The van der Waals surface area contributed by atoms with Crippen LogP contribution >= 0.6 is 11.6 Å². The van der Waals surface area contributed by atoms with Crippen molar-refractivity contribution < 1.29 is 14.3 Å². The van der Waals surface area contributed by atoms with Gasteiger partial charge in [-0.2, -0.15) is 0 Å². The van der Waals surface area contributed by atoms with E-state index in [1.807, 2.05) is 18.2 Å². The van der Waals surface area contributed by atoms with Crippen molar-refractivity contribution in [2.24, 2.45) is 0 Å². The number of carbonyl (C=O) groups excluding carboxylic acids is 1. The number of hydrogen-bond acceptors (Lipinski definition) is 4. The maximum absolute atomic E-state index is 12.3. The molecule has 0 unspecified atom stereocenters. The summed E-state index contributed by atoms with van der Waals surface area (Å²) in [6.45, 7) is 5.50. The lowest BCUT2D eigenvalue weighted by Gasteiger charge is -2.30. The molecule has 2 aliphatic heterocycles. The molecule has 1 aromatic rings. The number of ether oxygens (including phenoxy) is 2. The molecule has 1 aromatic carbocycles. The Labute approximate surface area is 134 Å². The molecule has 0 spiro atoms. The number of halogens is 1. The summed E-state index contributed by atoms with van der Waals surface area (Å²) in [5, 5.41) is 3.44. The Balaban J connectivity index is 1.70. The first-order valence-electron chi connectivity index (χ1n) is 7.50. The predicted molar refractivity (Wildman–Crippen MR) is 85.9 cm³/mol. The average Bonchev–Trinajstić information content (AvgIpc) is 2.58. The van der Waals surface area contributed by atoms with Crippen LogP contribution in [0.15, 0.2) is 18.2 Å². The van der Waals surface area contributed by atoms with Crippen molar-refractivity contribution in [2.75, 3.05) is 62.8 Å². The number of nitrogens with zero attached hydrogens (tertiary/aromatic N) is 2. The van der Waals surface area contributed by atoms with E-state index < -0.39 is 0 Å². The third-order valence-corrected chi connectivity index (χ3v) is 4.20. The lowest BCUT2D eigenvalue weighted by Crippen LogP contribution is -2.43. The zero-order chi connectivity index (χ0) is 15.4. The van der Waals surface area contributed by atoms with Gasteiger partial charge in [-0.1, -0.05) is 11.6 Å². The molecule has 120 valence electrons. The lowest BCUT2D eigenvalue weighted by molar-refractivity contribution is 0.0564. The number of nitrogens with one attached hydrogen (secondary N) is 1. The molecule has 0 bridgehead atoms. The molecule has 6 nitrogen and oxygen atoms in total. The number of urea groups is 1. The Morgan fingerprint density at radius 2 is 1.68 bits per heavy atom. The highest BCUT2D eigenvalue weighted by Crippen LogP contribution is 2.28. The first-order valence-corrected chi connectivity index (χ1v) is 7.88. The van der Waals surface area contributed by atoms with Gasteiger partial charge < -0.3 is 24.6 Å². The topological polar surface area (TPSA) is 54.0 Å². The van der Waals surface area contributed by atoms with Gasteiger partial charge in [-0.3, -0.25) is 0 Å². The fraction of sp³-hybridized carbons (Fsp3) is 0.533. The molecular weight excluding hydrogens is 306 g/mol. The number of benzene rings is 1. The van der Waals surface area contributed by atoms with Crippen molar-refractivity contribution in [3.05, 3.63) is 23.2 Å². The Kier molecular flexibility index (Phi) is 5.02. The molecule has 3 rings (SSSR count). The zero-order valence-corrected chi connectivity index (χ0v) is 13.1. The van der Waals surface area contributed by atoms with E-state index in [0.717, 1.165) is 32.0 Å². The van der Waals surface area contributed by atoms with E-state index in [-0.39, 0.29) is 6.03 Å². The molecule has 0 aromatic heterocycles. The summed E-state index contributed by atoms with van der Waals surface area (Å²) >= 11 is 6.22. The zero-order valence-electron chi connectivity index (χ0n) is 12.4. The monoisotopic (exact) mass is 325 g/mol. The number of amides is 2. The molecule has 2 heterocycles. The normalized spacial score (nSPS) is 19.1. The van der Waals surface area contributed by atoms with Crippen molar-refractivity contribution in [3.8, 4) is 0 Å². The van der Waals surface area contributed by atoms with Gasteiger partial charge in [0.05, 0.1) is 37.1 Å². The third kappa shape index (κ3) is 3.63. The molecule has 0 radical (unpaired) electrons. The smallest absolute Gasteiger partial charge is 0.322 e. The molecule has 0 atom stereocenters. The maximum Gasteiger partial charge on any atom is 0.322 e. The van der Waals surface area contributed by atoms with E-state index in [0.29, 0.717) is 37.0 Å². The van der Waals surface area contributed by atoms with Gasteiger partial charge in [-0.25, -0.2) is 4.79 Å². The first-order chi connectivity index (χ1) is 10.7. The number of anilines is 2. The second-order valence-electron chi connectivity index (χ2n) is 5.29. The quantitative estimate of drug-likeness (QED) is 0.904. The predicted octanol–water partition coefficient (Wildman–Crippen LogP) is 2.04. The second kappa shape index (κ2) is 7.17. The van der Waals surface area contributed by atoms with Crippen LogP contribution < -0.4 is 10.2 Å². The molecule has 1 N–H and O–H groups in total. The third-order valence-electron chi connectivity index (χ3n) is 3.87. The number of carbonyl (C=O) groups is 1. The van der Waals surface area contributed by atoms with Gasteiger partial charge in [0.2, 0.25) is 0 Å². The highest BCUT2D eigenvalue weighted by atomic mass is 35.5. The second-order valence-corrected chi connectivity index (χ2v) is 5.70. The Morgan fingerprint density at radius 3 is 2.36 bits per heavy atom. The van der Waals surface area contributed by atoms with Crippen LogP contribution in [0.25, 0.3) is 0 Å². The van der Waals surface area contributed by atoms with E-state index in [1.54, 1.807) is 4.90 Å². The van der Waals surface area contributed by atoms with E-state index in [4.69, 9.17) is 21.1 Å². The minimum atomic E-state index is -0.135. The van der Waals surface area contributed by atoms with Gasteiger partial charge >= 0.3 is 6.03 Å². The van der Waals surface area contributed by atoms with Gasteiger partial charge in [-0.15, -0.1) is 0 Å². The highest BCUT2D eigenvalue weighted by Gasteiger charge is 2.19. The Hall–Kier alpha value is -1.50. The van der Waals surface area contributed by atoms with Crippen LogP contribution in [-0.2, 0) is 9.47 Å². The van der Waals surface area contributed by atoms with Gasteiger partial charge in [0.25, 0.3) is 0 Å². The van der Waals surface area contributed by atoms with Crippen molar-refractivity contribution in [3.63, 3.8) is 0 Å². The number of hydrogen-bond donors (Lipinski definition) is 1. The minimum Gasteiger partial charge on any atom is -0.378 e. The lowest BCUT2D eigenvalue weighted by atomic mass is 10.2. The van der Waals surface area contributed by atoms with Crippen LogP contribution in [0.2, 0.25) is 5.02 Å². The van der Waals surface area contributed by atoms with E-state index in [9.17, 15) is 4.79 Å². The summed E-state index contributed by atoms with van der Waals surface area (Å²) < 4.78 is 10.6. The van der Waals surface area contributed by atoms with Crippen LogP contribution in [0, 0.1) is 0 Å². The molecule has 2 amide bonds. The summed E-state index contributed by atoms with van der Waals surface area (Å²) in [6, 6.07) is 5.58. The molecule has 2 aliphatic rings. The molecule has 2 fully saturated rings. The van der Waals surface area contributed by atoms with E-state index >= 15 is 0 Å². The molecule has 0 saturated carbocycles. The summed E-state index contributed by atoms with van der Waals surface area (Å²) in [5.74, 6) is 0. The Morgan fingerprint density at radius 1 is 1.05 bits per heavy atom. The molecule has 7 heteroatoms. The number of morpholine rings is 2. The van der Waals surface area contributed by atoms with Crippen molar-refractivity contribution >= 4 is 29.0 Å². The van der Waals surface area contributed by atoms with Crippen LogP contribution in [-0.4, -0.2) is 63.5 Å². The first kappa shape index (κ1) is 15.4. The van der Waals surface area contributed by atoms with E-state index in [2.05, 4.69) is 10.2 Å². The van der Waals surface area contributed by atoms with Crippen molar-refractivity contribution in [1.82, 2.24) is 4.90 Å². The highest BCUT2D eigenvalue weighted by molar-refractivity contribution is 6.33. The average molecular weight is 326 g/mol. The van der Waals surface area contributed by atoms with Gasteiger partial charge in [0, 0.05) is 31.9 Å². The van der Waals surface area contributed by atoms with Gasteiger partial charge in [0.15, 0.2) is 0 Å². The molecular formula is C15H20ClN3O3. The summed E-state index contributed by atoms with van der Waals surface area (Å²) in [5.41, 5.74) is 1.69. The van der Waals surface area contributed by atoms with Crippen LogP contribution in [0.3, 0.4) is 0 Å². The molecule has 0 aliphatic carbocycles.